The van der Waals surface area contributed by atoms with Gasteiger partial charge in [-0.1, -0.05) is 36.4 Å². The molecule has 0 spiro atoms. The molecule has 2 nitrogen and oxygen atoms in total. The predicted molar refractivity (Wildman–Crippen MR) is 118 cm³/mol. The number of aromatic nitrogens is 2. The minimum absolute atomic E-state index is 0.605. The number of hydrogen-bond donors (Lipinski definition) is 0. The van der Waals surface area contributed by atoms with Crippen molar-refractivity contribution in [2.24, 2.45) is 0 Å². The number of fused-ring (bicyclic) bond motifs is 3. The van der Waals surface area contributed by atoms with E-state index in [1.165, 1.54) is 24.3 Å². The lowest BCUT2D eigenvalue weighted by Crippen LogP contribution is -2.04. The lowest BCUT2D eigenvalue weighted by Gasteiger charge is -2.10. The third-order valence-electron chi connectivity index (χ3n) is 5.59. The van der Waals surface area contributed by atoms with Crippen LogP contribution in [0.4, 0.5) is 26.3 Å². The van der Waals surface area contributed by atoms with Crippen molar-refractivity contribution in [2.45, 2.75) is 12.4 Å². The molecular weight excluding hydrogens is 454 g/mol. The summed E-state index contributed by atoms with van der Waals surface area (Å²) in [5.74, 6) is 0. The lowest BCUT2D eigenvalue weighted by molar-refractivity contribution is -0.138. The minimum atomic E-state index is -4.40. The molecular formula is C26H14F6N2. The zero-order valence-electron chi connectivity index (χ0n) is 17.2. The van der Waals surface area contributed by atoms with Crippen LogP contribution in [0.3, 0.4) is 0 Å². The van der Waals surface area contributed by atoms with Crippen LogP contribution >= 0.6 is 0 Å². The molecule has 170 valence electrons. The standard InChI is InChI=1S/C26H14F6N2/c27-25(28,29)21-7-3-15(4-8-21)19-11-17-1-2-18-12-20(14-34-24(18)23(17)33-13-19)16-5-9-22(10-6-16)26(30,31)32/h1-14H. The Morgan fingerprint density at radius 2 is 0.794 bits per heavy atom. The van der Waals surface area contributed by atoms with E-state index in [1.807, 2.05) is 24.3 Å². The third-order valence-corrected chi connectivity index (χ3v) is 5.59. The summed E-state index contributed by atoms with van der Waals surface area (Å²) >= 11 is 0. The van der Waals surface area contributed by atoms with E-state index in [9.17, 15) is 26.3 Å². The summed E-state index contributed by atoms with van der Waals surface area (Å²) in [6, 6.07) is 17.1. The van der Waals surface area contributed by atoms with Crippen molar-refractivity contribution in [1.29, 1.82) is 0 Å². The molecule has 5 aromatic rings. The van der Waals surface area contributed by atoms with Crippen LogP contribution in [-0.2, 0) is 12.4 Å². The Morgan fingerprint density at radius 3 is 1.12 bits per heavy atom. The van der Waals surface area contributed by atoms with Crippen LogP contribution in [0.15, 0.2) is 85.2 Å². The first-order valence-corrected chi connectivity index (χ1v) is 10.1. The molecule has 0 aliphatic rings. The smallest absolute Gasteiger partial charge is 0.253 e. The van der Waals surface area contributed by atoms with Gasteiger partial charge in [-0.05, 0) is 47.5 Å². The molecule has 0 saturated heterocycles. The van der Waals surface area contributed by atoms with Crippen molar-refractivity contribution in [1.82, 2.24) is 9.97 Å². The molecule has 5 rings (SSSR count). The van der Waals surface area contributed by atoms with E-state index in [0.717, 1.165) is 35.0 Å². The van der Waals surface area contributed by atoms with Crippen LogP contribution in [0.2, 0.25) is 0 Å². The summed E-state index contributed by atoms with van der Waals surface area (Å²) in [5, 5.41) is 1.53. The number of pyridine rings is 2. The van der Waals surface area contributed by atoms with Gasteiger partial charge in [-0.2, -0.15) is 26.3 Å². The van der Waals surface area contributed by atoms with Gasteiger partial charge in [0.15, 0.2) is 0 Å². The van der Waals surface area contributed by atoms with Gasteiger partial charge in [-0.3, -0.25) is 9.97 Å². The van der Waals surface area contributed by atoms with Crippen molar-refractivity contribution in [3.05, 3.63) is 96.3 Å². The minimum Gasteiger partial charge on any atom is -0.253 e. The molecule has 0 aliphatic carbocycles. The second-order valence-electron chi connectivity index (χ2n) is 7.81. The second kappa shape index (κ2) is 7.83. The summed E-state index contributed by atoms with van der Waals surface area (Å²) < 4.78 is 76.9. The van der Waals surface area contributed by atoms with E-state index in [2.05, 4.69) is 9.97 Å². The number of hydrogen-bond acceptors (Lipinski definition) is 2. The Hall–Kier alpha value is -3.94. The Kier molecular flexibility index (Phi) is 5.04. The summed E-state index contributed by atoms with van der Waals surface area (Å²) in [7, 11) is 0. The maximum atomic E-state index is 12.8. The molecule has 8 heteroatoms. The average molecular weight is 468 g/mol. The molecule has 0 N–H and O–H groups in total. The molecule has 0 radical (unpaired) electrons. The highest BCUT2D eigenvalue weighted by Crippen LogP contribution is 2.34. The normalized spacial score (nSPS) is 12.4. The van der Waals surface area contributed by atoms with Gasteiger partial charge in [-0.25, -0.2) is 0 Å². The fourth-order valence-electron chi connectivity index (χ4n) is 3.81. The van der Waals surface area contributed by atoms with Crippen molar-refractivity contribution >= 4 is 21.8 Å². The summed E-state index contributed by atoms with van der Waals surface area (Å²) in [6.45, 7) is 0. The molecule has 0 unspecified atom stereocenters. The van der Waals surface area contributed by atoms with Crippen molar-refractivity contribution in [2.75, 3.05) is 0 Å². The molecule has 2 heterocycles. The monoisotopic (exact) mass is 468 g/mol. The quantitative estimate of drug-likeness (QED) is 0.193. The van der Waals surface area contributed by atoms with Crippen molar-refractivity contribution in [3.8, 4) is 22.3 Å². The van der Waals surface area contributed by atoms with Crippen LogP contribution in [-0.4, -0.2) is 9.97 Å². The van der Waals surface area contributed by atoms with Crippen molar-refractivity contribution in [3.63, 3.8) is 0 Å². The fraction of sp³-hybridized carbons (Fsp3) is 0.0769. The van der Waals surface area contributed by atoms with Crippen LogP contribution in [0.25, 0.3) is 44.1 Å². The summed E-state index contributed by atoms with van der Waals surface area (Å²) in [4.78, 5) is 8.98. The highest BCUT2D eigenvalue weighted by molar-refractivity contribution is 6.04. The second-order valence-corrected chi connectivity index (χ2v) is 7.81. The van der Waals surface area contributed by atoms with E-state index in [-0.39, 0.29) is 0 Å². The highest BCUT2D eigenvalue weighted by atomic mass is 19.4. The molecule has 0 aliphatic heterocycles. The molecule has 0 atom stereocenters. The molecule has 2 aromatic heterocycles. The maximum Gasteiger partial charge on any atom is 0.416 e. The van der Waals surface area contributed by atoms with Crippen LogP contribution in [0.1, 0.15) is 11.1 Å². The first-order valence-electron chi connectivity index (χ1n) is 10.1. The van der Waals surface area contributed by atoms with Gasteiger partial charge in [0.1, 0.15) is 0 Å². The van der Waals surface area contributed by atoms with Crippen molar-refractivity contribution < 1.29 is 26.3 Å². The largest absolute Gasteiger partial charge is 0.416 e. The Bertz CT molecular complexity index is 1390. The van der Waals surface area contributed by atoms with Gasteiger partial charge in [0, 0.05) is 34.3 Å². The molecule has 0 amide bonds. The van der Waals surface area contributed by atoms with Gasteiger partial charge in [0.2, 0.25) is 0 Å². The Balaban J connectivity index is 1.50. The topological polar surface area (TPSA) is 25.8 Å². The summed E-state index contributed by atoms with van der Waals surface area (Å²) in [5.41, 5.74) is 2.34. The van der Waals surface area contributed by atoms with E-state index < -0.39 is 23.5 Å². The van der Waals surface area contributed by atoms with E-state index >= 15 is 0 Å². The molecule has 0 fully saturated rings. The Morgan fingerprint density at radius 1 is 0.441 bits per heavy atom. The lowest BCUT2D eigenvalue weighted by atomic mass is 10.0. The summed E-state index contributed by atoms with van der Waals surface area (Å²) in [6.07, 6.45) is -5.64. The number of nitrogens with zero attached hydrogens (tertiary/aromatic N) is 2. The average Bonchev–Trinajstić information content (AvgIpc) is 2.82. The molecule has 34 heavy (non-hydrogen) atoms. The van der Waals surface area contributed by atoms with Gasteiger partial charge in [0.25, 0.3) is 0 Å². The zero-order valence-corrected chi connectivity index (χ0v) is 17.2. The first-order chi connectivity index (χ1) is 16.1. The molecule has 0 saturated carbocycles. The molecule has 3 aromatic carbocycles. The maximum absolute atomic E-state index is 12.8. The first kappa shape index (κ1) is 21.9. The van der Waals surface area contributed by atoms with Crippen LogP contribution in [0, 0.1) is 0 Å². The van der Waals surface area contributed by atoms with E-state index in [1.54, 1.807) is 12.4 Å². The third kappa shape index (κ3) is 4.07. The van der Waals surface area contributed by atoms with Crippen LogP contribution in [0.5, 0.6) is 0 Å². The predicted octanol–water partition coefficient (Wildman–Crippen LogP) is 8.15. The van der Waals surface area contributed by atoms with E-state index in [4.69, 9.17) is 0 Å². The zero-order chi connectivity index (χ0) is 24.1. The number of halogens is 6. The Labute approximate surface area is 189 Å². The van der Waals surface area contributed by atoms with Crippen LogP contribution < -0.4 is 0 Å². The van der Waals surface area contributed by atoms with Gasteiger partial charge in [-0.15, -0.1) is 0 Å². The molecule has 0 bridgehead atoms. The van der Waals surface area contributed by atoms with Gasteiger partial charge < -0.3 is 0 Å². The highest BCUT2D eigenvalue weighted by Gasteiger charge is 2.30. The van der Waals surface area contributed by atoms with Gasteiger partial charge >= 0.3 is 12.4 Å². The van der Waals surface area contributed by atoms with E-state index in [0.29, 0.717) is 33.3 Å². The fourth-order valence-corrected chi connectivity index (χ4v) is 3.81. The van der Waals surface area contributed by atoms with Gasteiger partial charge in [0.05, 0.1) is 22.2 Å². The number of benzene rings is 3. The number of alkyl halides is 6. The number of rotatable bonds is 2. The SMILES string of the molecule is FC(F)(F)c1ccc(-c2cnc3c(ccc4cc(-c5ccc(C(F)(F)F)cc5)cnc43)c2)cc1.